The average molecular weight is 585 g/mol. The maximum absolute atomic E-state index is 13.3. The molecule has 42 heavy (non-hydrogen) atoms. The third-order valence-corrected chi connectivity index (χ3v) is 7.64. The maximum Gasteiger partial charge on any atom is 0.410 e. The van der Waals surface area contributed by atoms with E-state index in [4.69, 9.17) is 15.2 Å². The van der Waals surface area contributed by atoms with Crippen LogP contribution in [0.2, 0.25) is 0 Å². The fraction of sp³-hybridized carbons (Fsp3) is 0.688. The number of aromatic nitrogens is 3. The molecule has 1 aliphatic carbocycles. The molecular formula is C32H52N6O4. The van der Waals surface area contributed by atoms with Crippen molar-refractivity contribution in [1.29, 1.82) is 0 Å². The molecule has 0 spiro atoms. The standard InChI is InChI=1S/C32H52N6O4/c1-10-22(2)14-17-36(29(39)41-31(4,5)6)15-11-16-37(30(40)42-32(7,8)9)20-24-12-13-25(18-24)38-19-23(3)26-27(33)34-21-35-28(26)38/h10,19,21,24-25H,11-18,20H2,1-9H3,(H2,33,34,35)/b22-10+/t24-,25+/m1/s1. The summed E-state index contributed by atoms with van der Waals surface area (Å²) in [6.07, 6.45) is 9.38. The van der Waals surface area contributed by atoms with Gasteiger partial charge in [-0.1, -0.05) is 11.6 Å². The average Bonchev–Trinajstić information content (AvgIpc) is 3.47. The van der Waals surface area contributed by atoms with E-state index < -0.39 is 11.2 Å². The summed E-state index contributed by atoms with van der Waals surface area (Å²) in [5.74, 6) is 0.821. The van der Waals surface area contributed by atoms with Crippen molar-refractivity contribution in [2.45, 2.75) is 112 Å². The van der Waals surface area contributed by atoms with Crippen LogP contribution in [0.4, 0.5) is 15.4 Å². The first-order valence-electron chi connectivity index (χ1n) is 15.2. The van der Waals surface area contributed by atoms with Gasteiger partial charge >= 0.3 is 12.2 Å². The monoisotopic (exact) mass is 584 g/mol. The van der Waals surface area contributed by atoms with E-state index in [1.54, 1.807) is 4.90 Å². The molecule has 2 amide bonds. The van der Waals surface area contributed by atoms with Crippen LogP contribution in [0, 0.1) is 12.8 Å². The lowest BCUT2D eigenvalue weighted by Gasteiger charge is -2.31. The topological polar surface area (TPSA) is 116 Å². The van der Waals surface area contributed by atoms with Crippen LogP contribution in [0.15, 0.2) is 24.2 Å². The highest BCUT2D eigenvalue weighted by atomic mass is 16.6. The van der Waals surface area contributed by atoms with Crippen LogP contribution in [0.25, 0.3) is 11.0 Å². The fourth-order valence-corrected chi connectivity index (χ4v) is 5.47. The summed E-state index contributed by atoms with van der Waals surface area (Å²) in [5.41, 5.74) is 8.13. The molecule has 0 bridgehead atoms. The second kappa shape index (κ2) is 13.8. The van der Waals surface area contributed by atoms with Crippen LogP contribution < -0.4 is 5.73 Å². The summed E-state index contributed by atoms with van der Waals surface area (Å²) in [6.45, 7) is 19.5. The van der Waals surface area contributed by atoms with E-state index >= 15 is 0 Å². The lowest BCUT2D eigenvalue weighted by atomic mass is 10.1. The van der Waals surface area contributed by atoms with E-state index in [-0.39, 0.29) is 18.2 Å². The molecule has 234 valence electrons. The van der Waals surface area contributed by atoms with E-state index in [0.29, 0.717) is 44.3 Å². The predicted molar refractivity (Wildman–Crippen MR) is 167 cm³/mol. The number of nitrogens with zero attached hydrogens (tertiary/aromatic N) is 5. The minimum absolute atomic E-state index is 0.276. The zero-order valence-electron chi connectivity index (χ0n) is 27.2. The number of anilines is 1. The van der Waals surface area contributed by atoms with Gasteiger partial charge in [0.25, 0.3) is 0 Å². The second-order valence-corrected chi connectivity index (χ2v) is 13.6. The van der Waals surface area contributed by atoms with E-state index in [1.165, 1.54) is 11.9 Å². The number of ether oxygens (including phenoxy) is 2. The normalized spacial score (nSPS) is 17.9. The van der Waals surface area contributed by atoms with Crippen LogP contribution in [-0.4, -0.2) is 73.9 Å². The first-order valence-corrected chi connectivity index (χ1v) is 15.2. The molecule has 1 aliphatic rings. The largest absolute Gasteiger partial charge is 0.444 e. The SMILES string of the molecule is C/C=C(\C)CCN(CCCN(C[C@@H]1CC[C@H](n2cc(C)c3c(N)ncnc32)C1)C(=O)OC(C)(C)C)C(=O)OC(C)(C)C. The summed E-state index contributed by atoms with van der Waals surface area (Å²) in [4.78, 5) is 38.6. The summed E-state index contributed by atoms with van der Waals surface area (Å²) in [5, 5.41) is 0.912. The Morgan fingerprint density at radius 3 is 2.26 bits per heavy atom. The van der Waals surface area contributed by atoms with E-state index in [9.17, 15) is 9.59 Å². The molecule has 2 heterocycles. The van der Waals surface area contributed by atoms with Gasteiger partial charge in [0.05, 0.1) is 5.39 Å². The smallest absolute Gasteiger partial charge is 0.410 e. The van der Waals surface area contributed by atoms with Crippen molar-refractivity contribution in [1.82, 2.24) is 24.3 Å². The van der Waals surface area contributed by atoms with Crippen LogP contribution in [0.5, 0.6) is 0 Å². The van der Waals surface area contributed by atoms with E-state index in [2.05, 4.69) is 33.7 Å². The predicted octanol–water partition coefficient (Wildman–Crippen LogP) is 6.88. The lowest BCUT2D eigenvalue weighted by Crippen LogP contribution is -2.42. The molecule has 2 aromatic rings. The Bertz CT molecular complexity index is 1260. The molecule has 1 fully saturated rings. The number of nitrogen functional groups attached to an aromatic ring is 1. The number of amides is 2. The molecule has 10 heteroatoms. The van der Waals surface area contributed by atoms with Crippen molar-refractivity contribution in [3.8, 4) is 0 Å². The summed E-state index contributed by atoms with van der Waals surface area (Å²) in [6, 6.07) is 0.276. The van der Waals surface area contributed by atoms with Crippen LogP contribution in [-0.2, 0) is 9.47 Å². The van der Waals surface area contributed by atoms with Crippen molar-refractivity contribution in [3.63, 3.8) is 0 Å². The summed E-state index contributed by atoms with van der Waals surface area (Å²) in [7, 11) is 0. The van der Waals surface area contributed by atoms with Gasteiger partial charge in [-0.25, -0.2) is 19.6 Å². The number of aryl methyl sites for hydroxylation is 1. The number of carbonyl (C=O) groups excluding carboxylic acids is 2. The highest BCUT2D eigenvalue weighted by Gasteiger charge is 2.32. The van der Waals surface area contributed by atoms with Gasteiger partial charge in [0.2, 0.25) is 0 Å². The Kier molecular flexibility index (Phi) is 10.9. The Morgan fingerprint density at radius 1 is 1.02 bits per heavy atom. The molecule has 2 N–H and O–H groups in total. The lowest BCUT2D eigenvalue weighted by molar-refractivity contribution is 0.0186. The van der Waals surface area contributed by atoms with Gasteiger partial charge in [-0.15, -0.1) is 0 Å². The Morgan fingerprint density at radius 2 is 1.64 bits per heavy atom. The third-order valence-electron chi connectivity index (χ3n) is 7.64. The van der Waals surface area contributed by atoms with Gasteiger partial charge in [0, 0.05) is 38.4 Å². The number of hydrogen-bond acceptors (Lipinski definition) is 7. The minimum Gasteiger partial charge on any atom is -0.444 e. The molecule has 2 aromatic heterocycles. The molecule has 10 nitrogen and oxygen atoms in total. The molecule has 0 unspecified atom stereocenters. The van der Waals surface area contributed by atoms with Crippen molar-refractivity contribution in [3.05, 3.63) is 29.7 Å². The van der Waals surface area contributed by atoms with E-state index in [1.807, 2.05) is 60.3 Å². The zero-order valence-corrected chi connectivity index (χ0v) is 27.2. The molecule has 2 atom stereocenters. The molecule has 3 rings (SSSR count). The van der Waals surface area contributed by atoms with Gasteiger partial charge in [0.1, 0.15) is 29.0 Å². The van der Waals surface area contributed by atoms with Crippen molar-refractivity contribution >= 4 is 29.0 Å². The first kappa shape index (κ1) is 33.2. The Balaban J connectivity index is 1.69. The number of hydrogen-bond donors (Lipinski definition) is 1. The summed E-state index contributed by atoms with van der Waals surface area (Å²) < 4.78 is 13.7. The van der Waals surface area contributed by atoms with Crippen LogP contribution >= 0.6 is 0 Å². The quantitative estimate of drug-likeness (QED) is 0.303. The molecule has 0 aromatic carbocycles. The van der Waals surface area contributed by atoms with Gasteiger partial charge in [-0.3, -0.25) is 0 Å². The number of carbonyl (C=O) groups is 2. The first-order chi connectivity index (χ1) is 19.6. The van der Waals surface area contributed by atoms with Gasteiger partial charge in [-0.05, 0) is 106 Å². The van der Waals surface area contributed by atoms with Crippen molar-refractivity contribution in [2.75, 3.05) is 31.9 Å². The molecule has 0 aliphatic heterocycles. The minimum atomic E-state index is -0.596. The molecule has 1 saturated carbocycles. The van der Waals surface area contributed by atoms with Gasteiger partial charge in [0.15, 0.2) is 0 Å². The zero-order chi connectivity index (χ0) is 31.2. The highest BCUT2D eigenvalue weighted by Crippen LogP contribution is 2.38. The van der Waals surface area contributed by atoms with Gasteiger partial charge < -0.3 is 29.6 Å². The maximum atomic E-state index is 13.3. The molecule has 0 saturated heterocycles. The van der Waals surface area contributed by atoms with Gasteiger partial charge in [-0.2, -0.15) is 0 Å². The third kappa shape index (κ3) is 9.36. The number of allylic oxidation sites excluding steroid dienone is 1. The number of rotatable bonds is 10. The molecule has 0 radical (unpaired) electrons. The van der Waals surface area contributed by atoms with Crippen LogP contribution in [0.1, 0.15) is 99.1 Å². The Hall–Kier alpha value is -3.30. The van der Waals surface area contributed by atoms with Crippen molar-refractivity contribution < 1.29 is 19.1 Å². The summed E-state index contributed by atoms with van der Waals surface area (Å²) >= 11 is 0. The number of nitrogens with two attached hydrogens (primary N) is 1. The molecular weight excluding hydrogens is 532 g/mol. The Labute approximate surface area is 251 Å². The van der Waals surface area contributed by atoms with Crippen LogP contribution in [0.3, 0.4) is 0 Å². The highest BCUT2D eigenvalue weighted by molar-refractivity contribution is 5.89. The number of fused-ring (bicyclic) bond motifs is 1. The van der Waals surface area contributed by atoms with E-state index in [0.717, 1.165) is 42.3 Å². The second-order valence-electron chi connectivity index (χ2n) is 13.6. The fourth-order valence-electron chi connectivity index (χ4n) is 5.47. The van der Waals surface area contributed by atoms with Crippen molar-refractivity contribution in [2.24, 2.45) is 5.92 Å².